The summed E-state index contributed by atoms with van der Waals surface area (Å²) in [6, 6.07) is 10.9. The molecule has 1 aromatic carbocycles. The Labute approximate surface area is 156 Å². The molecule has 1 saturated carbocycles. The van der Waals surface area contributed by atoms with Crippen molar-refractivity contribution in [2.75, 3.05) is 11.9 Å². The maximum Gasteiger partial charge on any atom is 0.405 e. The summed E-state index contributed by atoms with van der Waals surface area (Å²) in [6.07, 6.45) is -0.179. The number of anilines is 1. The van der Waals surface area contributed by atoms with Gasteiger partial charge in [-0.15, -0.1) is 0 Å². The third kappa shape index (κ3) is 5.98. The number of aromatic nitrogens is 1. The molecule has 27 heavy (non-hydrogen) atoms. The van der Waals surface area contributed by atoms with Crippen LogP contribution in [0.4, 0.5) is 18.9 Å². The third-order valence-corrected chi connectivity index (χ3v) is 4.49. The van der Waals surface area contributed by atoms with Gasteiger partial charge in [-0.25, -0.2) is 0 Å². The predicted molar refractivity (Wildman–Crippen MR) is 97.5 cm³/mol. The topological polar surface area (TPSA) is 54.0 Å². The average Bonchev–Trinajstić information content (AvgIpc) is 3.45. The monoisotopic (exact) mass is 377 g/mol. The van der Waals surface area contributed by atoms with Crippen LogP contribution in [0, 0.1) is 0 Å². The van der Waals surface area contributed by atoms with Gasteiger partial charge in [0, 0.05) is 0 Å². The Bertz CT molecular complexity index is 769. The summed E-state index contributed by atoms with van der Waals surface area (Å²) in [5.74, 6) is 0.565. The van der Waals surface area contributed by atoms with E-state index in [-0.39, 0.29) is 24.1 Å². The molecule has 1 heterocycles. The molecule has 1 fully saturated rings. The van der Waals surface area contributed by atoms with E-state index in [1.807, 2.05) is 12.1 Å². The number of alkyl halides is 3. The van der Waals surface area contributed by atoms with Crippen LogP contribution < -0.4 is 10.6 Å². The van der Waals surface area contributed by atoms with Gasteiger partial charge in [0.05, 0.1) is 30.0 Å². The number of nitrogens with zero attached hydrogens (tertiary/aromatic N) is 1. The van der Waals surface area contributed by atoms with E-state index in [0.29, 0.717) is 11.6 Å². The van der Waals surface area contributed by atoms with Crippen molar-refractivity contribution in [3.05, 3.63) is 59.4 Å². The Morgan fingerprint density at radius 2 is 1.89 bits per heavy atom. The summed E-state index contributed by atoms with van der Waals surface area (Å²) < 4.78 is 36.6. The molecule has 2 aromatic rings. The minimum absolute atomic E-state index is 0.122. The lowest BCUT2D eigenvalue weighted by molar-refractivity contribution is -0.121. The Morgan fingerprint density at radius 3 is 2.44 bits per heavy atom. The number of pyridine rings is 1. The summed E-state index contributed by atoms with van der Waals surface area (Å²) >= 11 is 0. The molecule has 4 nitrogen and oxygen atoms in total. The van der Waals surface area contributed by atoms with E-state index in [0.717, 1.165) is 5.56 Å². The highest BCUT2D eigenvalue weighted by Gasteiger charge is 2.26. The number of amides is 1. The zero-order valence-electron chi connectivity index (χ0n) is 15.0. The van der Waals surface area contributed by atoms with Crippen LogP contribution in [-0.4, -0.2) is 23.6 Å². The number of hydrogen-bond acceptors (Lipinski definition) is 3. The largest absolute Gasteiger partial charge is 0.405 e. The second kappa shape index (κ2) is 7.98. The molecule has 1 aromatic heterocycles. The standard InChI is InChI=1S/C20H22F3N3O/c1-13(18-9-8-17(11-24-18)25-12-20(21,22)23)26-19(27)10-14-2-4-15(5-3-14)16-6-7-16/h2-5,8-9,11,13,16,25H,6-7,10,12H2,1H3,(H,26,27)/t13-/m1/s1. The van der Waals surface area contributed by atoms with Crippen molar-refractivity contribution < 1.29 is 18.0 Å². The summed E-state index contributed by atoms with van der Waals surface area (Å²) in [6.45, 7) is 0.680. The highest BCUT2D eigenvalue weighted by atomic mass is 19.4. The van der Waals surface area contributed by atoms with E-state index in [1.165, 1.54) is 30.7 Å². The van der Waals surface area contributed by atoms with Gasteiger partial charge >= 0.3 is 6.18 Å². The van der Waals surface area contributed by atoms with Crippen LogP contribution in [0.25, 0.3) is 0 Å². The molecule has 1 aliphatic rings. The van der Waals surface area contributed by atoms with Crippen molar-refractivity contribution in [2.45, 2.75) is 44.3 Å². The maximum atomic E-state index is 12.2. The van der Waals surface area contributed by atoms with Crippen LogP contribution >= 0.6 is 0 Å². The molecule has 7 heteroatoms. The Kier molecular flexibility index (Phi) is 5.68. The van der Waals surface area contributed by atoms with Crippen LogP contribution in [0.1, 0.15) is 48.5 Å². The number of carbonyl (C=O) groups is 1. The van der Waals surface area contributed by atoms with E-state index < -0.39 is 12.7 Å². The molecule has 0 radical (unpaired) electrons. The number of halogens is 3. The van der Waals surface area contributed by atoms with Crippen LogP contribution in [0.3, 0.4) is 0 Å². The van der Waals surface area contributed by atoms with E-state index in [2.05, 4.69) is 27.8 Å². The highest BCUT2D eigenvalue weighted by molar-refractivity contribution is 5.79. The second-order valence-electron chi connectivity index (χ2n) is 6.92. The average molecular weight is 377 g/mol. The van der Waals surface area contributed by atoms with Crippen LogP contribution in [-0.2, 0) is 11.2 Å². The maximum absolute atomic E-state index is 12.2. The summed E-state index contributed by atoms with van der Waals surface area (Å²) in [7, 11) is 0. The Balaban J connectivity index is 1.49. The SMILES string of the molecule is C[C@@H](NC(=O)Cc1ccc(C2CC2)cc1)c1ccc(NCC(F)(F)F)cn1. The molecule has 0 saturated heterocycles. The van der Waals surface area contributed by atoms with Gasteiger partial charge in [-0.3, -0.25) is 9.78 Å². The van der Waals surface area contributed by atoms with Gasteiger partial charge in [-0.1, -0.05) is 24.3 Å². The van der Waals surface area contributed by atoms with Gasteiger partial charge in [-0.2, -0.15) is 13.2 Å². The van der Waals surface area contributed by atoms with Gasteiger partial charge in [0.25, 0.3) is 0 Å². The Hall–Kier alpha value is -2.57. The fraction of sp³-hybridized carbons (Fsp3) is 0.400. The molecule has 2 N–H and O–H groups in total. The molecule has 0 spiro atoms. The smallest absolute Gasteiger partial charge is 0.375 e. The van der Waals surface area contributed by atoms with Crippen molar-refractivity contribution in [1.29, 1.82) is 0 Å². The first kappa shape index (κ1) is 19.2. The lowest BCUT2D eigenvalue weighted by Gasteiger charge is -2.15. The van der Waals surface area contributed by atoms with Gasteiger partial charge < -0.3 is 10.6 Å². The van der Waals surface area contributed by atoms with Crippen molar-refractivity contribution in [1.82, 2.24) is 10.3 Å². The van der Waals surface area contributed by atoms with Crippen LogP contribution in [0.2, 0.25) is 0 Å². The van der Waals surface area contributed by atoms with E-state index in [9.17, 15) is 18.0 Å². The van der Waals surface area contributed by atoms with E-state index in [4.69, 9.17) is 0 Å². The first-order chi connectivity index (χ1) is 12.8. The minimum atomic E-state index is -4.28. The lowest BCUT2D eigenvalue weighted by atomic mass is 10.1. The molecule has 1 amide bonds. The second-order valence-corrected chi connectivity index (χ2v) is 6.92. The zero-order valence-corrected chi connectivity index (χ0v) is 15.0. The van der Waals surface area contributed by atoms with Crippen molar-refractivity contribution in [3.8, 4) is 0 Å². The zero-order chi connectivity index (χ0) is 19.4. The summed E-state index contributed by atoms with van der Waals surface area (Å²) in [5, 5.41) is 5.13. The van der Waals surface area contributed by atoms with Gasteiger partial charge in [0.15, 0.2) is 0 Å². The van der Waals surface area contributed by atoms with Crippen molar-refractivity contribution in [3.63, 3.8) is 0 Å². The fourth-order valence-electron chi connectivity index (χ4n) is 2.84. The van der Waals surface area contributed by atoms with Gasteiger partial charge in [0.1, 0.15) is 6.54 Å². The minimum Gasteiger partial charge on any atom is -0.375 e. The van der Waals surface area contributed by atoms with Gasteiger partial charge in [0.2, 0.25) is 5.91 Å². The van der Waals surface area contributed by atoms with E-state index in [1.54, 1.807) is 13.0 Å². The van der Waals surface area contributed by atoms with E-state index >= 15 is 0 Å². The molecule has 1 atom stereocenters. The lowest BCUT2D eigenvalue weighted by Crippen LogP contribution is -2.28. The first-order valence-electron chi connectivity index (χ1n) is 8.95. The van der Waals surface area contributed by atoms with Crippen molar-refractivity contribution >= 4 is 11.6 Å². The van der Waals surface area contributed by atoms with Crippen molar-refractivity contribution in [2.24, 2.45) is 0 Å². The molecule has 0 unspecified atom stereocenters. The number of hydrogen-bond donors (Lipinski definition) is 2. The number of nitrogens with one attached hydrogen (secondary N) is 2. The number of benzene rings is 1. The molecular formula is C20H22F3N3O. The summed E-state index contributed by atoms with van der Waals surface area (Å²) in [4.78, 5) is 16.4. The number of rotatable bonds is 7. The van der Waals surface area contributed by atoms with Crippen LogP contribution in [0.5, 0.6) is 0 Å². The van der Waals surface area contributed by atoms with Gasteiger partial charge in [-0.05, 0) is 48.9 Å². The fourth-order valence-corrected chi connectivity index (χ4v) is 2.84. The van der Waals surface area contributed by atoms with Crippen LogP contribution in [0.15, 0.2) is 42.6 Å². The first-order valence-corrected chi connectivity index (χ1v) is 8.95. The molecule has 0 bridgehead atoms. The molecule has 3 rings (SSSR count). The normalized spacial score (nSPS) is 15.3. The molecule has 144 valence electrons. The highest BCUT2D eigenvalue weighted by Crippen LogP contribution is 2.39. The summed E-state index contributed by atoms with van der Waals surface area (Å²) in [5.41, 5.74) is 3.15. The third-order valence-electron chi connectivity index (χ3n) is 4.49. The predicted octanol–water partition coefficient (Wildman–Crippen LogP) is 4.35. The molecule has 1 aliphatic carbocycles. The Morgan fingerprint density at radius 1 is 1.19 bits per heavy atom. The quantitative estimate of drug-likeness (QED) is 0.754. The molecular weight excluding hydrogens is 355 g/mol. The number of carbonyl (C=O) groups excluding carboxylic acids is 1. The molecule has 0 aliphatic heterocycles.